The maximum Gasteiger partial charge on any atom is 0.258 e. The first-order chi connectivity index (χ1) is 11.7. The van der Waals surface area contributed by atoms with Gasteiger partial charge in [0.1, 0.15) is 0 Å². The number of methoxy groups -OCH3 is 1. The lowest BCUT2D eigenvalue weighted by atomic mass is 9.96. The molecular formula is C19H22N2O3. The summed E-state index contributed by atoms with van der Waals surface area (Å²) in [4.78, 5) is 14.5. The van der Waals surface area contributed by atoms with Crippen molar-refractivity contribution in [1.29, 1.82) is 0 Å². The van der Waals surface area contributed by atoms with E-state index >= 15 is 0 Å². The number of nitrogens with one attached hydrogen (secondary N) is 1. The monoisotopic (exact) mass is 326 g/mol. The molecule has 2 aromatic carbocycles. The summed E-state index contributed by atoms with van der Waals surface area (Å²) in [6.07, 6.45) is 0. The van der Waals surface area contributed by atoms with Crippen molar-refractivity contribution in [3.8, 4) is 11.5 Å². The predicted octanol–water partition coefficient (Wildman–Crippen LogP) is 2.38. The van der Waals surface area contributed by atoms with Crippen LogP contribution >= 0.6 is 0 Å². The second-order valence-electron chi connectivity index (χ2n) is 5.96. The van der Waals surface area contributed by atoms with Crippen molar-refractivity contribution in [3.63, 3.8) is 0 Å². The molecule has 0 saturated carbocycles. The Morgan fingerprint density at radius 3 is 2.67 bits per heavy atom. The summed E-state index contributed by atoms with van der Waals surface area (Å²) in [5.41, 5.74) is 2.43. The minimum absolute atomic E-state index is 0.0197. The van der Waals surface area contributed by atoms with Crippen LogP contribution in [-0.2, 0) is 11.3 Å². The summed E-state index contributed by atoms with van der Waals surface area (Å²) in [5.74, 6) is 1.04. The molecule has 1 aliphatic heterocycles. The number of rotatable bonds is 5. The number of hydrogen-bond acceptors (Lipinski definition) is 4. The van der Waals surface area contributed by atoms with Crippen LogP contribution in [0.3, 0.4) is 0 Å². The molecule has 0 bridgehead atoms. The fourth-order valence-electron chi connectivity index (χ4n) is 3.02. The lowest BCUT2D eigenvalue weighted by Crippen LogP contribution is -2.41. The van der Waals surface area contributed by atoms with Gasteiger partial charge in [0.15, 0.2) is 18.1 Å². The Hall–Kier alpha value is -2.53. The van der Waals surface area contributed by atoms with E-state index in [-0.39, 0.29) is 18.6 Å². The van der Waals surface area contributed by atoms with E-state index in [1.807, 2.05) is 24.3 Å². The van der Waals surface area contributed by atoms with E-state index < -0.39 is 0 Å². The zero-order valence-corrected chi connectivity index (χ0v) is 14.0. The number of ether oxygens (including phenoxy) is 2. The molecule has 5 heteroatoms. The lowest BCUT2D eigenvalue weighted by Gasteiger charge is -2.32. The number of hydrogen-bond donors (Lipinski definition) is 1. The highest BCUT2D eigenvalue weighted by molar-refractivity contribution is 5.78. The van der Waals surface area contributed by atoms with Gasteiger partial charge >= 0.3 is 0 Å². The van der Waals surface area contributed by atoms with Crippen LogP contribution in [0.15, 0.2) is 48.5 Å². The smallest absolute Gasteiger partial charge is 0.258 e. The van der Waals surface area contributed by atoms with Crippen LogP contribution in [0.5, 0.6) is 11.5 Å². The summed E-state index contributed by atoms with van der Waals surface area (Å²) >= 11 is 0. The molecule has 1 aliphatic rings. The number of fused-ring (bicyclic) bond motifs is 1. The van der Waals surface area contributed by atoms with Gasteiger partial charge in [0, 0.05) is 13.1 Å². The van der Waals surface area contributed by atoms with E-state index in [1.54, 1.807) is 19.2 Å². The molecule has 5 nitrogen and oxygen atoms in total. The van der Waals surface area contributed by atoms with Crippen LogP contribution in [0.4, 0.5) is 0 Å². The van der Waals surface area contributed by atoms with Crippen molar-refractivity contribution in [1.82, 2.24) is 10.2 Å². The van der Waals surface area contributed by atoms with Crippen LogP contribution in [0.2, 0.25) is 0 Å². The standard InChI is InChI=1S/C19H22N2O3/c1-21-11-14-7-3-4-8-15(14)16(12-21)20-19(22)13-24-18-10-6-5-9-17(18)23-2/h3-10,16H,11-13H2,1-2H3,(H,20,22). The van der Waals surface area contributed by atoms with Gasteiger partial charge in [0.25, 0.3) is 5.91 Å². The van der Waals surface area contributed by atoms with Gasteiger partial charge in [-0.3, -0.25) is 9.69 Å². The first kappa shape index (κ1) is 16.3. The molecule has 0 spiro atoms. The second kappa shape index (κ2) is 7.36. The average molecular weight is 326 g/mol. The van der Waals surface area contributed by atoms with Gasteiger partial charge in [0.2, 0.25) is 0 Å². The third kappa shape index (κ3) is 3.68. The quantitative estimate of drug-likeness (QED) is 0.916. The van der Waals surface area contributed by atoms with Gasteiger partial charge in [-0.15, -0.1) is 0 Å². The second-order valence-corrected chi connectivity index (χ2v) is 5.96. The number of carbonyl (C=O) groups excluding carboxylic acids is 1. The summed E-state index contributed by atoms with van der Waals surface area (Å²) in [5, 5.41) is 3.07. The number of nitrogens with zero attached hydrogens (tertiary/aromatic N) is 1. The third-order valence-corrected chi connectivity index (χ3v) is 4.13. The molecule has 0 aliphatic carbocycles. The van der Waals surface area contributed by atoms with Gasteiger partial charge in [-0.05, 0) is 30.3 Å². The van der Waals surface area contributed by atoms with Crippen molar-refractivity contribution >= 4 is 5.91 Å². The molecule has 1 atom stereocenters. The Labute approximate surface area is 142 Å². The highest BCUT2D eigenvalue weighted by atomic mass is 16.5. The van der Waals surface area contributed by atoms with E-state index in [4.69, 9.17) is 9.47 Å². The number of likely N-dealkylation sites (N-methyl/N-ethyl adjacent to an activating group) is 1. The number of carbonyl (C=O) groups is 1. The first-order valence-corrected chi connectivity index (χ1v) is 7.99. The maximum atomic E-state index is 12.3. The molecule has 0 saturated heterocycles. The van der Waals surface area contributed by atoms with Crippen molar-refractivity contribution in [2.75, 3.05) is 27.3 Å². The van der Waals surface area contributed by atoms with E-state index in [0.29, 0.717) is 11.5 Å². The zero-order valence-electron chi connectivity index (χ0n) is 14.0. The van der Waals surface area contributed by atoms with Crippen LogP contribution in [-0.4, -0.2) is 38.1 Å². The molecule has 1 amide bonds. The van der Waals surface area contributed by atoms with E-state index in [2.05, 4.69) is 29.4 Å². The average Bonchev–Trinajstić information content (AvgIpc) is 2.60. The first-order valence-electron chi connectivity index (χ1n) is 7.99. The Morgan fingerprint density at radius 2 is 1.88 bits per heavy atom. The zero-order chi connectivity index (χ0) is 16.9. The molecule has 24 heavy (non-hydrogen) atoms. The summed E-state index contributed by atoms with van der Waals surface area (Å²) in [7, 11) is 3.64. The predicted molar refractivity (Wildman–Crippen MR) is 92.1 cm³/mol. The molecular weight excluding hydrogens is 304 g/mol. The van der Waals surface area contributed by atoms with Crippen LogP contribution in [0.1, 0.15) is 17.2 Å². The number of amides is 1. The highest BCUT2D eigenvalue weighted by Gasteiger charge is 2.24. The molecule has 1 heterocycles. The number of benzene rings is 2. The molecule has 1 N–H and O–H groups in total. The van der Waals surface area contributed by atoms with E-state index in [1.165, 1.54) is 11.1 Å². The van der Waals surface area contributed by atoms with Gasteiger partial charge in [-0.2, -0.15) is 0 Å². The Balaban J connectivity index is 1.63. The lowest BCUT2D eigenvalue weighted by molar-refractivity contribution is -0.124. The molecule has 2 aromatic rings. The summed E-state index contributed by atoms with van der Waals surface area (Å²) in [6.45, 7) is 1.65. The maximum absolute atomic E-state index is 12.3. The third-order valence-electron chi connectivity index (χ3n) is 4.13. The molecule has 0 fully saturated rings. The highest BCUT2D eigenvalue weighted by Crippen LogP contribution is 2.27. The molecule has 0 aromatic heterocycles. The molecule has 0 radical (unpaired) electrons. The Morgan fingerprint density at radius 1 is 1.17 bits per heavy atom. The topological polar surface area (TPSA) is 50.8 Å². The normalized spacial score (nSPS) is 17.0. The van der Waals surface area contributed by atoms with Crippen molar-refractivity contribution in [2.24, 2.45) is 0 Å². The molecule has 1 unspecified atom stereocenters. The van der Waals surface area contributed by atoms with Crippen molar-refractivity contribution in [3.05, 3.63) is 59.7 Å². The van der Waals surface area contributed by atoms with Gasteiger partial charge in [-0.25, -0.2) is 0 Å². The van der Waals surface area contributed by atoms with Crippen molar-refractivity contribution in [2.45, 2.75) is 12.6 Å². The van der Waals surface area contributed by atoms with Gasteiger partial charge in [0.05, 0.1) is 13.2 Å². The largest absolute Gasteiger partial charge is 0.493 e. The van der Waals surface area contributed by atoms with Crippen LogP contribution in [0, 0.1) is 0 Å². The SMILES string of the molecule is COc1ccccc1OCC(=O)NC1CN(C)Cc2ccccc21. The summed E-state index contributed by atoms with van der Waals surface area (Å²) in [6, 6.07) is 15.5. The minimum Gasteiger partial charge on any atom is -0.493 e. The van der Waals surface area contributed by atoms with E-state index in [9.17, 15) is 4.79 Å². The van der Waals surface area contributed by atoms with Crippen LogP contribution < -0.4 is 14.8 Å². The Bertz CT molecular complexity index is 717. The number of para-hydroxylation sites is 2. The fourth-order valence-corrected chi connectivity index (χ4v) is 3.02. The van der Waals surface area contributed by atoms with Crippen molar-refractivity contribution < 1.29 is 14.3 Å². The Kier molecular flexibility index (Phi) is 5.01. The van der Waals surface area contributed by atoms with Gasteiger partial charge in [-0.1, -0.05) is 36.4 Å². The molecule has 3 rings (SSSR count). The van der Waals surface area contributed by atoms with Crippen LogP contribution in [0.25, 0.3) is 0 Å². The minimum atomic E-state index is -0.143. The van der Waals surface area contributed by atoms with E-state index in [0.717, 1.165) is 13.1 Å². The molecule has 126 valence electrons. The summed E-state index contributed by atoms with van der Waals surface area (Å²) < 4.78 is 10.8. The fraction of sp³-hybridized carbons (Fsp3) is 0.316. The van der Waals surface area contributed by atoms with Gasteiger partial charge < -0.3 is 14.8 Å².